The maximum Gasteiger partial charge on any atom is 0.266 e. The molecule has 1 aliphatic rings. The van der Waals surface area contributed by atoms with Gasteiger partial charge >= 0.3 is 0 Å². The molecule has 1 aliphatic heterocycles. The van der Waals surface area contributed by atoms with Crippen molar-refractivity contribution < 1.29 is 4.42 Å². The fourth-order valence-corrected chi connectivity index (χ4v) is 3.06. The summed E-state index contributed by atoms with van der Waals surface area (Å²) in [6, 6.07) is 10.0. The quantitative estimate of drug-likeness (QED) is 0.807. The Bertz CT molecular complexity index is 964. The topological polar surface area (TPSA) is 88.9 Å². The summed E-state index contributed by atoms with van der Waals surface area (Å²) in [5, 5.41) is 19.0. The Kier molecular flexibility index (Phi) is 3.40. The molecular formula is C16H12N4OS. The van der Waals surface area contributed by atoms with E-state index in [1.54, 1.807) is 6.92 Å². The minimum atomic E-state index is -0.460. The molecule has 0 fully saturated rings. The van der Waals surface area contributed by atoms with Gasteiger partial charge in [-0.25, -0.2) is 0 Å². The zero-order chi connectivity index (χ0) is 15.9. The lowest BCUT2D eigenvalue weighted by molar-refractivity contribution is 0.582. The third-order valence-corrected chi connectivity index (χ3v) is 4.08. The first-order chi connectivity index (χ1) is 10.5. The lowest BCUT2D eigenvalue weighted by Gasteiger charge is -2.26. The van der Waals surface area contributed by atoms with Gasteiger partial charge in [-0.2, -0.15) is 10.5 Å². The van der Waals surface area contributed by atoms with E-state index in [0.717, 1.165) is 16.8 Å². The Hall–Kier alpha value is -2.70. The van der Waals surface area contributed by atoms with E-state index in [1.807, 2.05) is 25.1 Å². The Morgan fingerprint density at radius 3 is 2.77 bits per heavy atom. The molecule has 0 saturated heterocycles. The van der Waals surface area contributed by atoms with E-state index < -0.39 is 5.92 Å². The van der Waals surface area contributed by atoms with Crippen LogP contribution in [0, 0.1) is 33.4 Å². The minimum absolute atomic E-state index is 0.303. The van der Waals surface area contributed by atoms with Gasteiger partial charge in [0.2, 0.25) is 0 Å². The van der Waals surface area contributed by atoms with E-state index in [0.29, 0.717) is 21.7 Å². The van der Waals surface area contributed by atoms with E-state index in [-0.39, 0.29) is 5.92 Å². The lowest BCUT2D eigenvalue weighted by atomic mass is 9.77. The largest absolute Gasteiger partial charge is 0.429 e. The van der Waals surface area contributed by atoms with Gasteiger partial charge in [-0.3, -0.25) is 4.99 Å². The average molecular weight is 308 g/mol. The Labute approximate surface area is 132 Å². The zero-order valence-corrected chi connectivity index (χ0v) is 12.9. The number of nitrogens with zero attached hydrogens (tertiary/aromatic N) is 3. The first kappa shape index (κ1) is 14.2. The summed E-state index contributed by atoms with van der Waals surface area (Å²) in [7, 11) is 0. The van der Waals surface area contributed by atoms with Crippen LogP contribution in [0.5, 0.6) is 0 Å². The van der Waals surface area contributed by atoms with Crippen LogP contribution in [0.15, 0.2) is 38.9 Å². The van der Waals surface area contributed by atoms with Crippen LogP contribution in [0.2, 0.25) is 0 Å². The number of benzene rings is 1. The zero-order valence-electron chi connectivity index (χ0n) is 12.0. The van der Waals surface area contributed by atoms with Gasteiger partial charge in [0.1, 0.15) is 0 Å². The molecule has 0 amide bonds. The molecule has 2 unspecified atom stereocenters. The van der Waals surface area contributed by atoms with Crippen LogP contribution in [-0.4, -0.2) is 10.7 Å². The van der Waals surface area contributed by atoms with Gasteiger partial charge in [-0.05, 0) is 43.8 Å². The first-order valence-corrected chi connectivity index (χ1v) is 7.14. The number of hydrogen-bond acceptors (Lipinski definition) is 5. The summed E-state index contributed by atoms with van der Waals surface area (Å²) in [5.74, 6) is -0.798. The van der Waals surface area contributed by atoms with Crippen LogP contribution < -0.4 is 0 Å². The van der Waals surface area contributed by atoms with Gasteiger partial charge in [0.05, 0.1) is 34.8 Å². The highest BCUT2D eigenvalue weighted by atomic mass is 32.1. The van der Waals surface area contributed by atoms with Crippen molar-refractivity contribution >= 4 is 29.0 Å². The number of aromatic amines is 1. The number of oxazole rings is 1. The van der Waals surface area contributed by atoms with Crippen molar-refractivity contribution in [3.63, 3.8) is 0 Å². The van der Waals surface area contributed by atoms with Crippen molar-refractivity contribution in [1.82, 2.24) is 4.98 Å². The van der Waals surface area contributed by atoms with Gasteiger partial charge in [0.15, 0.2) is 5.58 Å². The molecule has 108 valence electrons. The number of nitriles is 2. The van der Waals surface area contributed by atoms with Gasteiger partial charge in [0.25, 0.3) is 4.84 Å². The van der Waals surface area contributed by atoms with Crippen molar-refractivity contribution in [2.75, 3.05) is 0 Å². The number of aromatic nitrogens is 1. The fourth-order valence-electron chi connectivity index (χ4n) is 2.86. The molecule has 2 heterocycles. The van der Waals surface area contributed by atoms with Gasteiger partial charge in [-0.1, -0.05) is 6.07 Å². The van der Waals surface area contributed by atoms with Crippen LogP contribution in [-0.2, 0) is 0 Å². The molecule has 1 aromatic carbocycles. The predicted molar refractivity (Wildman–Crippen MR) is 84.7 cm³/mol. The first-order valence-electron chi connectivity index (χ1n) is 6.73. The highest BCUT2D eigenvalue weighted by molar-refractivity contribution is 7.71. The maximum atomic E-state index is 9.50. The van der Waals surface area contributed by atoms with E-state index in [1.165, 1.54) is 0 Å². The third-order valence-electron chi connectivity index (χ3n) is 3.89. The number of allylic oxidation sites excluding steroid dienone is 2. The summed E-state index contributed by atoms with van der Waals surface area (Å²) < 4.78 is 5.44. The monoisotopic (exact) mass is 308 g/mol. The van der Waals surface area contributed by atoms with Crippen molar-refractivity contribution in [2.45, 2.75) is 19.8 Å². The number of H-pyrrole nitrogens is 1. The number of aliphatic imine (C=N–C) groups is 1. The summed E-state index contributed by atoms with van der Waals surface area (Å²) in [6.45, 7) is 3.61. The van der Waals surface area contributed by atoms with Crippen LogP contribution >= 0.6 is 12.2 Å². The van der Waals surface area contributed by atoms with Gasteiger partial charge in [0, 0.05) is 11.6 Å². The lowest BCUT2D eigenvalue weighted by Crippen LogP contribution is -2.24. The Balaban J connectivity index is 2.21. The molecular weight excluding hydrogens is 296 g/mol. The molecule has 0 aliphatic carbocycles. The summed E-state index contributed by atoms with van der Waals surface area (Å²) in [4.78, 5) is 7.58. The molecule has 5 nitrogen and oxygen atoms in total. The van der Waals surface area contributed by atoms with Crippen LogP contribution in [0.25, 0.3) is 11.1 Å². The predicted octanol–water partition coefficient (Wildman–Crippen LogP) is 3.99. The second-order valence-electron chi connectivity index (χ2n) is 5.22. The third kappa shape index (κ3) is 2.14. The molecule has 3 rings (SSSR count). The standard InChI is InChI=1S/C16H12N4OS/c1-8-11(6-17)15(12(7-18)9(2)19-8)10-3-4-13-14(5-10)21-16(22)20-13/h3-5,11,15H,1-2H3,(H,20,22). The van der Waals surface area contributed by atoms with Gasteiger partial charge in [-0.15, -0.1) is 0 Å². The molecule has 0 saturated carbocycles. The van der Waals surface area contributed by atoms with Crippen LogP contribution in [0.4, 0.5) is 0 Å². The highest BCUT2D eigenvalue weighted by Crippen LogP contribution is 2.38. The van der Waals surface area contributed by atoms with Crippen molar-refractivity contribution in [2.24, 2.45) is 10.9 Å². The SMILES string of the molecule is CC1=NC(C)=C(C#N)C(c2ccc3[nH]c(=S)oc3c2)C1C#N. The van der Waals surface area contributed by atoms with E-state index in [2.05, 4.69) is 22.1 Å². The molecule has 22 heavy (non-hydrogen) atoms. The average Bonchev–Trinajstić information content (AvgIpc) is 2.85. The van der Waals surface area contributed by atoms with Crippen molar-refractivity contribution in [3.8, 4) is 12.1 Å². The molecule has 0 bridgehead atoms. The van der Waals surface area contributed by atoms with Crippen LogP contribution in [0.3, 0.4) is 0 Å². The summed E-state index contributed by atoms with van der Waals surface area (Å²) in [5.41, 5.74) is 4.16. The van der Waals surface area contributed by atoms with Crippen molar-refractivity contribution in [1.29, 1.82) is 10.5 Å². The van der Waals surface area contributed by atoms with E-state index >= 15 is 0 Å². The smallest absolute Gasteiger partial charge is 0.266 e. The molecule has 1 N–H and O–H groups in total. The normalized spacial score (nSPS) is 21.4. The molecule has 2 atom stereocenters. The minimum Gasteiger partial charge on any atom is -0.429 e. The van der Waals surface area contributed by atoms with Crippen molar-refractivity contribution in [3.05, 3.63) is 39.9 Å². The van der Waals surface area contributed by atoms with Gasteiger partial charge < -0.3 is 9.40 Å². The second-order valence-corrected chi connectivity index (χ2v) is 5.59. The molecule has 0 radical (unpaired) electrons. The molecule has 2 aromatic rings. The van der Waals surface area contributed by atoms with E-state index in [4.69, 9.17) is 16.6 Å². The molecule has 1 aromatic heterocycles. The summed E-state index contributed by atoms with van der Waals surface area (Å²) >= 11 is 4.99. The highest BCUT2D eigenvalue weighted by Gasteiger charge is 2.34. The van der Waals surface area contributed by atoms with E-state index in [9.17, 15) is 10.5 Å². The number of hydrogen-bond donors (Lipinski definition) is 1. The number of nitrogens with one attached hydrogen (secondary N) is 1. The number of fused-ring (bicyclic) bond motifs is 1. The molecule has 0 spiro atoms. The van der Waals surface area contributed by atoms with Crippen LogP contribution in [0.1, 0.15) is 25.3 Å². The maximum absolute atomic E-state index is 9.50. The number of rotatable bonds is 1. The summed E-state index contributed by atoms with van der Waals surface area (Å²) in [6.07, 6.45) is 0. The second kappa shape index (κ2) is 5.25. The Morgan fingerprint density at radius 2 is 2.09 bits per heavy atom. The molecule has 6 heteroatoms. The fraction of sp³-hybridized carbons (Fsp3) is 0.250. The Morgan fingerprint density at radius 1 is 1.32 bits per heavy atom.